The first-order chi connectivity index (χ1) is 7.16. The summed E-state index contributed by atoms with van der Waals surface area (Å²) in [7, 11) is 0. The van der Waals surface area contributed by atoms with Crippen LogP contribution in [0.3, 0.4) is 0 Å². The molecule has 0 aliphatic heterocycles. The second-order valence-corrected chi connectivity index (χ2v) is 4.81. The summed E-state index contributed by atoms with van der Waals surface area (Å²) in [6, 6.07) is 8.34. The van der Waals surface area contributed by atoms with Gasteiger partial charge in [-0.3, -0.25) is 0 Å². The molecule has 15 heavy (non-hydrogen) atoms. The Morgan fingerprint density at radius 1 is 1.20 bits per heavy atom. The predicted molar refractivity (Wildman–Crippen MR) is 68.2 cm³/mol. The standard InChI is InChI=1S/C11H12IN3/c1-8(2)9-3-5-10(6-4-9)15-13-7-11(12)14-15/h3-8H,1-2H3. The van der Waals surface area contributed by atoms with Crippen LogP contribution in [0.15, 0.2) is 30.5 Å². The molecule has 4 heteroatoms. The fourth-order valence-corrected chi connectivity index (χ4v) is 1.69. The third kappa shape index (κ3) is 2.37. The first-order valence-electron chi connectivity index (χ1n) is 4.85. The van der Waals surface area contributed by atoms with Gasteiger partial charge in [0.1, 0.15) is 3.70 Å². The van der Waals surface area contributed by atoms with Gasteiger partial charge in [0.05, 0.1) is 11.9 Å². The van der Waals surface area contributed by atoms with Crippen molar-refractivity contribution < 1.29 is 0 Å². The zero-order valence-corrected chi connectivity index (χ0v) is 10.8. The summed E-state index contributed by atoms with van der Waals surface area (Å²) in [5.74, 6) is 0.560. The van der Waals surface area contributed by atoms with Gasteiger partial charge in [-0.05, 0) is 46.2 Å². The van der Waals surface area contributed by atoms with E-state index in [1.54, 1.807) is 11.0 Å². The van der Waals surface area contributed by atoms with Gasteiger partial charge in [-0.1, -0.05) is 26.0 Å². The van der Waals surface area contributed by atoms with Gasteiger partial charge in [0.15, 0.2) is 0 Å². The number of aromatic nitrogens is 3. The van der Waals surface area contributed by atoms with Crippen LogP contribution in [-0.2, 0) is 0 Å². The molecule has 0 unspecified atom stereocenters. The molecule has 0 aliphatic rings. The van der Waals surface area contributed by atoms with Gasteiger partial charge >= 0.3 is 0 Å². The Kier molecular flexibility index (Phi) is 3.04. The molecule has 0 amide bonds. The zero-order valence-electron chi connectivity index (χ0n) is 8.68. The fourth-order valence-electron chi connectivity index (χ4n) is 1.36. The predicted octanol–water partition coefficient (Wildman–Crippen LogP) is 3.00. The van der Waals surface area contributed by atoms with Gasteiger partial charge in [-0.25, -0.2) is 0 Å². The van der Waals surface area contributed by atoms with E-state index in [9.17, 15) is 0 Å². The molecule has 0 saturated heterocycles. The summed E-state index contributed by atoms with van der Waals surface area (Å²) in [6.45, 7) is 4.37. The van der Waals surface area contributed by atoms with Crippen LogP contribution in [0, 0.1) is 3.70 Å². The molecule has 2 aromatic rings. The zero-order chi connectivity index (χ0) is 10.8. The van der Waals surface area contributed by atoms with E-state index in [0.29, 0.717) is 5.92 Å². The van der Waals surface area contributed by atoms with Crippen LogP contribution in [-0.4, -0.2) is 15.0 Å². The Labute approximate surface area is 103 Å². The van der Waals surface area contributed by atoms with Crippen molar-refractivity contribution >= 4 is 22.6 Å². The number of halogens is 1. The molecule has 0 bridgehead atoms. The number of rotatable bonds is 2. The van der Waals surface area contributed by atoms with E-state index >= 15 is 0 Å². The molecule has 0 fully saturated rings. The van der Waals surface area contributed by atoms with E-state index < -0.39 is 0 Å². The number of benzene rings is 1. The Bertz CT molecular complexity index is 445. The van der Waals surface area contributed by atoms with E-state index in [4.69, 9.17) is 0 Å². The van der Waals surface area contributed by atoms with Crippen molar-refractivity contribution in [3.05, 3.63) is 39.7 Å². The van der Waals surface area contributed by atoms with Crippen molar-refractivity contribution in [2.24, 2.45) is 0 Å². The lowest BCUT2D eigenvalue weighted by Gasteiger charge is -2.05. The Morgan fingerprint density at radius 3 is 2.33 bits per heavy atom. The molecule has 1 aromatic carbocycles. The quantitative estimate of drug-likeness (QED) is 0.798. The Morgan fingerprint density at radius 2 is 1.87 bits per heavy atom. The molecule has 0 saturated carbocycles. The van der Waals surface area contributed by atoms with Crippen molar-refractivity contribution in [2.75, 3.05) is 0 Å². The van der Waals surface area contributed by atoms with Gasteiger partial charge in [0.25, 0.3) is 0 Å². The maximum Gasteiger partial charge on any atom is 0.143 e. The minimum absolute atomic E-state index is 0.560. The highest BCUT2D eigenvalue weighted by Gasteiger charge is 2.02. The molecule has 2 rings (SSSR count). The van der Waals surface area contributed by atoms with Gasteiger partial charge in [-0.2, -0.15) is 9.90 Å². The topological polar surface area (TPSA) is 30.7 Å². The van der Waals surface area contributed by atoms with Crippen molar-refractivity contribution in [3.8, 4) is 5.69 Å². The molecule has 0 radical (unpaired) electrons. The summed E-state index contributed by atoms with van der Waals surface area (Å²) in [5, 5.41) is 8.41. The Hall–Kier alpha value is -0.910. The van der Waals surface area contributed by atoms with Crippen molar-refractivity contribution in [3.63, 3.8) is 0 Å². The summed E-state index contributed by atoms with van der Waals surface area (Å²) < 4.78 is 0.903. The Balaban J connectivity index is 2.31. The lowest BCUT2D eigenvalue weighted by molar-refractivity contribution is 0.746. The molecular weight excluding hydrogens is 301 g/mol. The molecule has 0 aliphatic carbocycles. The molecule has 0 atom stereocenters. The molecule has 1 heterocycles. The van der Waals surface area contributed by atoms with Gasteiger partial charge in [0.2, 0.25) is 0 Å². The minimum atomic E-state index is 0.560. The molecule has 3 nitrogen and oxygen atoms in total. The monoisotopic (exact) mass is 313 g/mol. The van der Waals surface area contributed by atoms with E-state index in [-0.39, 0.29) is 0 Å². The van der Waals surface area contributed by atoms with Crippen molar-refractivity contribution in [1.82, 2.24) is 15.0 Å². The van der Waals surface area contributed by atoms with Crippen molar-refractivity contribution in [2.45, 2.75) is 19.8 Å². The molecule has 0 spiro atoms. The first-order valence-corrected chi connectivity index (χ1v) is 5.93. The second kappa shape index (κ2) is 4.30. The highest BCUT2D eigenvalue weighted by Crippen LogP contribution is 2.16. The van der Waals surface area contributed by atoms with E-state index in [1.807, 2.05) is 12.1 Å². The maximum absolute atomic E-state index is 4.25. The van der Waals surface area contributed by atoms with Gasteiger partial charge in [0, 0.05) is 0 Å². The van der Waals surface area contributed by atoms with Gasteiger partial charge < -0.3 is 0 Å². The third-order valence-electron chi connectivity index (χ3n) is 2.25. The van der Waals surface area contributed by atoms with Crippen LogP contribution in [0.1, 0.15) is 25.3 Å². The lowest BCUT2D eigenvalue weighted by atomic mass is 10.0. The fraction of sp³-hybridized carbons (Fsp3) is 0.273. The summed E-state index contributed by atoms with van der Waals surface area (Å²) in [6.07, 6.45) is 1.75. The largest absolute Gasteiger partial charge is 0.156 e. The lowest BCUT2D eigenvalue weighted by Crippen LogP contribution is -1.99. The highest BCUT2D eigenvalue weighted by atomic mass is 127. The summed E-state index contributed by atoms with van der Waals surface area (Å²) in [5.41, 5.74) is 2.34. The number of hydrogen-bond acceptors (Lipinski definition) is 2. The van der Waals surface area contributed by atoms with Crippen LogP contribution in [0.2, 0.25) is 0 Å². The van der Waals surface area contributed by atoms with Crippen LogP contribution in [0.4, 0.5) is 0 Å². The minimum Gasteiger partial charge on any atom is -0.156 e. The average molecular weight is 313 g/mol. The first kappa shape index (κ1) is 10.6. The maximum atomic E-state index is 4.25. The average Bonchev–Trinajstić information content (AvgIpc) is 2.65. The normalized spacial score (nSPS) is 10.9. The smallest absolute Gasteiger partial charge is 0.143 e. The highest BCUT2D eigenvalue weighted by molar-refractivity contribution is 14.1. The van der Waals surface area contributed by atoms with Crippen LogP contribution in [0.5, 0.6) is 0 Å². The molecule has 1 aromatic heterocycles. The molecule has 78 valence electrons. The second-order valence-electron chi connectivity index (χ2n) is 3.70. The third-order valence-corrected chi connectivity index (χ3v) is 2.75. The van der Waals surface area contributed by atoms with Crippen molar-refractivity contribution in [1.29, 1.82) is 0 Å². The SMILES string of the molecule is CC(C)c1ccc(-n2ncc(I)n2)cc1. The number of hydrogen-bond donors (Lipinski definition) is 0. The van der Waals surface area contributed by atoms with Crippen LogP contribution < -0.4 is 0 Å². The van der Waals surface area contributed by atoms with Crippen LogP contribution >= 0.6 is 22.6 Å². The molecule has 0 N–H and O–H groups in total. The van der Waals surface area contributed by atoms with Gasteiger partial charge in [-0.15, -0.1) is 5.10 Å². The number of nitrogens with zero attached hydrogens (tertiary/aromatic N) is 3. The summed E-state index contributed by atoms with van der Waals surface area (Å²) in [4.78, 5) is 1.64. The summed E-state index contributed by atoms with van der Waals surface area (Å²) >= 11 is 2.15. The molecular formula is C11H12IN3. The van der Waals surface area contributed by atoms with Crippen LogP contribution in [0.25, 0.3) is 5.69 Å². The van der Waals surface area contributed by atoms with E-state index in [0.717, 1.165) is 9.39 Å². The van der Waals surface area contributed by atoms with E-state index in [1.165, 1.54) is 5.56 Å². The van der Waals surface area contributed by atoms with E-state index in [2.05, 4.69) is 58.8 Å².